The van der Waals surface area contributed by atoms with Crippen LogP contribution in [-0.2, 0) is 9.53 Å². The molecule has 2 saturated heterocycles. The summed E-state index contributed by atoms with van der Waals surface area (Å²) < 4.78 is 30.8. The molecule has 4 nitrogen and oxygen atoms in total. The van der Waals surface area contributed by atoms with Gasteiger partial charge in [0.1, 0.15) is 6.10 Å². The van der Waals surface area contributed by atoms with Crippen LogP contribution in [0.15, 0.2) is 0 Å². The molecule has 2 fully saturated rings. The molecule has 0 saturated carbocycles. The predicted molar refractivity (Wildman–Crippen MR) is 58.0 cm³/mol. The van der Waals surface area contributed by atoms with Crippen molar-refractivity contribution in [2.75, 3.05) is 26.2 Å². The molecule has 1 N–H and O–H groups in total. The third kappa shape index (κ3) is 2.57. The molecule has 2 heterocycles. The molecule has 0 aromatic rings. The van der Waals surface area contributed by atoms with Crippen molar-refractivity contribution >= 4 is 5.97 Å². The first-order valence-electron chi connectivity index (χ1n) is 5.86. The van der Waals surface area contributed by atoms with Crippen molar-refractivity contribution in [3.63, 3.8) is 0 Å². The lowest BCUT2D eigenvalue weighted by molar-refractivity contribution is -0.159. The van der Waals surface area contributed by atoms with Gasteiger partial charge in [-0.3, -0.25) is 4.90 Å². The number of ether oxygens (including phenoxy) is 1. The summed E-state index contributed by atoms with van der Waals surface area (Å²) in [4.78, 5) is 13.0. The normalized spacial score (nSPS) is 32.5. The molecule has 2 aliphatic heterocycles. The minimum Gasteiger partial charge on any atom is -0.456 e. The number of cyclic esters (lactones) is 1. The lowest BCUT2D eigenvalue weighted by Gasteiger charge is -2.43. The van der Waals surface area contributed by atoms with E-state index in [1.54, 1.807) is 0 Å². The van der Waals surface area contributed by atoms with Crippen LogP contribution in [0.1, 0.15) is 20.3 Å². The van der Waals surface area contributed by atoms with E-state index < -0.39 is 24.4 Å². The highest BCUT2D eigenvalue weighted by Gasteiger charge is 2.51. The Balaban J connectivity index is 1.96. The number of rotatable bonds is 2. The van der Waals surface area contributed by atoms with E-state index in [2.05, 4.69) is 10.2 Å². The molecular weight excluding hydrogens is 230 g/mol. The number of piperazine rings is 1. The van der Waals surface area contributed by atoms with Gasteiger partial charge in [-0.15, -0.1) is 0 Å². The van der Waals surface area contributed by atoms with Gasteiger partial charge >= 0.3 is 11.9 Å². The first-order chi connectivity index (χ1) is 7.81. The van der Waals surface area contributed by atoms with Crippen LogP contribution in [0, 0.1) is 0 Å². The van der Waals surface area contributed by atoms with Gasteiger partial charge in [0.15, 0.2) is 0 Å². The topological polar surface area (TPSA) is 41.6 Å². The Morgan fingerprint density at radius 1 is 1.53 bits per heavy atom. The summed E-state index contributed by atoms with van der Waals surface area (Å²) in [7, 11) is 0. The number of hydrogen-bond acceptors (Lipinski definition) is 4. The molecule has 17 heavy (non-hydrogen) atoms. The van der Waals surface area contributed by atoms with Crippen molar-refractivity contribution in [3.8, 4) is 0 Å². The molecule has 0 aliphatic carbocycles. The van der Waals surface area contributed by atoms with E-state index in [1.807, 2.05) is 13.8 Å². The van der Waals surface area contributed by atoms with Crippen LogP contribution in [0.5, 0.6) is 0 Å². The molecule has 1 unspecified atom stereocenters. The van der Waals surface area contributed by atoms with Gasteiger partial charge in [-0.1, -0.05) is 0 Å². The van der Waals surface area contributed by atoms with Gasteiger partial charge < -0.3 is 10.1 Å². The molecule has 0 radical (unpaired) electrons. The molecule has 1 atom stereocenters. The van der Waals surface area contributed by atoms with Crippen molar-refractivity contribution in [2.24, 2.45) is 0 Å². The Hall–Kier alpha value is -0.750. The average molecular weight is 248 g/mol. The lowest BCUT2D eigenvalue weighted by Crippen LogP contribution is -2.59. The Bertz CT molecular complexity index is 321. The van der Waals surface area contributed by atoms with Crippen LogP contribution in [0.25, 0.3) is 0 Å². The number of halogens is 2. The van der Waals surface area contributed by atoms with Crippen molar-refractivity contribution in [3.05, 3.63) is 0 Å². The van der Waals surface area contributed by atoms with Crippen LogP contribution in [0.3, 0.4) is 0 Å². The monoisotopic (exact) mass is 248 g/mol. The third-order valence-electron chi connectivity index (χ3n) is 3.45. The fourth-order valence-corrected chi connectivity index (χ4v) is 2.36. The largest absolute Gasteiger partial charge is 0.456 e. The summed E-state index contributed by atoms with van der Waals surface area (Å²) in [5, 5.41) is 3.26. The second-order valence-corrected chi connectivity index (χ2v) is 5.37. The molecule has 0 amide bonds. The van der Waals surface area contributed by atoms with Crippen LogP contribution < -0.4 is 5.32 Å². The number of carbonyl (C=O) groups is 1. The number of carbonyl (C=O) groups excluding carboxylic acids is 1. The van der Waals surface area contributed by atoms with Crippen molar-refractivity contribution in [1.82, 2.24) is 10.2 Å². The molecular formula is C11H18F2N2O2. The van der Waals surface area contributed by atoms with Crippen molar-refractivity contribution in [1.29, 1.82) is 0 Å². The van der Waals surface area contributed by atoms with Gasteiger partial charge in [-0.2, -0.15) is 8.78 Å². The van der Waals surface area contributed by atoms with E-state index in [-0.39, 0.29) is 5.54 Å². The van der Waals surface area contributed by atoms with E-state index in [1.165, 1.54) is 0 Å². The van der Waals surface area contributed by atoms with Crippen LogP contribution in [0.4, 0.5) is 8.78 Å². The number of esters is 1. The maximum atomic E-state index is 13.0. The Labute approximate surface area is 99.3 Å². The van der Waals surface area contributed by atoms with Crippen molar-refractivity contribution in [2.45, 2.75) is 37.8 Å². The van der Waals surface area contributed by atoms with Gasteiger partial charge in [0, 0.05) is 31.7 Å². The molecule has 6 heteroatoms. The quantitative estimate of drug-likeness (QED) is 0.727. The standard InChI is InChI=1S/C11H18F2N2O2/c1-10(2)7-14-3-4-15(10)6-8-5-11(12,13)9(16)17-8/h8,14H,3-7H2,1-2H3. The molecule has 2 aliphatic rings. The van der Waals surface area contributed by atoms with Gasteiger partial charge in [0.25, 0.3) is 0 Å². The maximum absolute atomic E-state index is 13.0. The molecule has 0 bridgehead atoms. The highest BCUT2D eigenvalue weighted by molar-refractivity contribution is 5.79. The number of nitrogens with zero attached hydrogens (tertiary/aromatic N) is 1. The molecule has 0 aromatic heterocycles. The minimum atomic E-state index is -3.30. The predicted octanol–water partition coefficient (Wildman–Crippen LogP) is 0.621. The molecule has 2 rings (SSSR count). The Morgan fingerprint density at radius 2 is 2.24 bits per heavy atom. The summed E-state index contributed by atoms with van der Waals surface area (Å²) in [6, 6.07) is 0. The molecule has 0 spiro atoms. The van der Waals surface area contributed by atoms with E-state index in [0.29, 0.717) is 6.54 Å². The summed E-state index contributed by atoms with van der Waals surface area (Å²) in [6.45, 7) is 6.91. The van der Waals surface area contributed by atoms with Crippen LogP contribution >= 0.6 is 0 Å². The maximum Gasteiger partial charge on any atom is 0.377 e. The SMILES string of the molecule is CC1(C)CNCCN1CC1CC(F)(F)C(=O)O1. The summed E-state index contributed by atoms with van der Waals surface area (Å²) in [6.07, 6.45) is -1.18. The fraction of sp³-hybridized carbons (Fsp3) is 0.909. The Kier molecular flexibility index (Phi) is 3.12. The zero-order valence-corrected chi connectivity index (χ0v) is 10.1. The smallest absolute Gasteiger partial charge is 0.377 e. The minimum absolute atomic E-state index is 0.0947. The van der Waals surface area contributed by atoms with Gasteiger partial charge in [-0.25, -0.2) is 4.79 Å². The lowest BCUT2D eigenvalue weighted by atomic mass is 9.99. The zero-order chi connectivity index (χ0) is 12.7. The van der Waals surface area contributed by atoms with E-state index in [4.69, 9.17) is 4.74 Å². The zero-order valence-electron chi connectivity index (χ0n) is 10.1. The first kappa shape index (κ1) is 12.7. The fourth-order valence-electron chi connectivity index (χ4n) is 2.36. The molecule has 98 valence electrons. The number of alkyl halides is 2. The van der Waals surface area contributed by atoms with Crippen molar-refractivity contribution < 1.29 is 18.3 Å². The highest BCUT2D eigenvalue weighted by Crippen LogP contribution is 2.32. The van der Waals surface area contributed by atoms with Crippen LogP contribution in [-0.4, -0.2) is 54.6 Å². The van der Waals surface area contributed by atoms with E-state index in [9.17, 15) is 13.6 Å². The Morgan fingerprint density at radius 3 is 2.76 bits per heavy atom. The van der Waals surface area contributed by atoms with Gasteiger partial charge in [0.05, 0.1) is 6.42 Å². The highest BCUT2D eigenvalue weighted by atomic mass is 19.3. The number of hydrogen-bond donors (Lipinski definition) is 1. The van der Waals surface area contributed by atoms with E-state index >= 15 is 0 Å². The second-order valence-electron chi connectivity index (χ2n) is 5.37. The van der Waals surface area contributed by atoms with Gasteiger partial charge in [0.2, 0.25) is 0 Å². The first-order valence-corrected chi connectivity index (χ1v) is 5.86. The van der Waals surface area contributed by atoms with E-state index in [0.717, 1.165) is 19.6 Å². The summed E-state index contributed by atoms with van der Waals surface area (Å²) >= 11 is 0. The third-order valence-corrected chi connectivity index (χ3v) is 3.45. The molecule has 0 aromatic carbocycles. The average Bonchev–Trinajstić information content (AvgIpc) is 2.44. The summed E-state index contributed by atoms with van der Waals surface area (Å²) in [5.41, 5.74) is -0.0947. The second kappa shape index (κ2) is 4.17. The van der Waals surface area contributed by atoms with Gasteiger partial charge in [-0.05, 0) is 13.8 Å². The number of nitrogens with one attached hydrogen (secondary N) is 1. The van der Waals surface area contributed by atoms with Crippen LogP contribution in [0.2, 0.25) is 0 Å². The summed E-state index contributed by atoms with van der Waals surface area (Å²) in [5.74, 6) is -4.68.